The van der Waals surface area contributed by atoms with Gasteiger partial charge in [-0.05, 0) is 33.0 Å². The van der Waals surface area contributed by atoms with Gasteiger partial charge in [-0.1, -0.05) is 13.3 Å². The van der Waals surface area contributed by atoms with Gasteiger partial charge in [0.2, 0.25) is 0 Å². The van der Waals surface area contributed by atoms with Crippen molar-refractivity contribution in [1.29, 1.82) is 0 Å². The number of nitrogens with zero attached hydrogens (tertiary/aromatic N) is 2. The van der Waals surface area contributed by atoms with Gasteiger partial charge in [0.1, 0.15) is 0 Å². The zero-order chi connectivity index (χ0) is 12.7. The molecule has 0 amide bonds. The van der Waals surface area contributed by atoms with E-state index in [1.807, 2.05) is 6.92 Å². The molecule has 4 heteroatoms. The van der Waals surface area contributed by atoms with Crippen molar-refractivity contribution in [2.75, 3.05) is 46.9 Å². The number of carbonyl (C=O) groups excluding carboxylic acids is 1. The minimum atomic E-state index is -0.116. The number of rotatable bonds is 6. The van der Waals surface area contributed by atoms with Crippen LogP contribution in [-0.2, 0) is 9.53 Å². The molecule has 1 aliphatic heterocycles. The summed E-state index contributed by atoms with van der Waals surface area (Å²) >= 11 is 0. The van der Waals surface area contributed by atoms with Crippen LogP contribution in [0.1, 0.15) is 26.2 Å². The zero-order valence-corrected chi connectivity index (χ0v) is 11.4. The van der Waals surface area contributed by atoms with E-state index in [4.69, 9.17) is 4.74 Å². The second-order valence-electron chi connectivity index (χ2n) is 5.09. The average Bonchev–Trinajstić information content (AvgIpc) is 2.36. The topological polar surface area (TPSA) is 32.8 Å². The van der Waals surface area contributed by atoms with Crippen LogP contribution in [-0.4, -0.2) is 62.7 Å². The van der Waals surface area contributed by atoms with E-state index in [0.717, 1.165) is 19.6 Å². The van der Waals surface area contributed by atoms with Gasteiger partial charge in [-0.3, -0.25) is 4.79 Å². The fourth-order valence-electron chi connectivity index (χ4n) is 2.33. The minimum absolute atomic E-state index is 0.0358. The number of likely N-dealkylation sites (tertiary alicyclic amines) is 1. The highest BCUT2D eigenvalue weighted by Gasteiger charge is 2.16. The molecule has 4 nitrogen and oxygen atoms in total. The zero-order valence-electron chi connectivity index (χ0n) is 11.4. The summed E-state index contributed by atoms with van der Waals surface area (Å²) in [4.78, 5) is 16.0. The van der Waals surface area contributed by atoms with Gasteiger partial charge in [0.15, 0.2) is 0 Å². The summed E-state index contributed by atoms with van der Waals surface area (Å²) in [5, 5.41) is 0. The third-order valence-electron chi connectivity index (χ3n) is 3.44. The van der Waals surface area contributed by atoms with E-state index in [2.05, 4.69) is 16.8 Å². The van der Waals surface area contributed by atoms with Gasteiger partial charge < -0.3 is 14.5 Å². The van der Waals surface area contributed by atoms with Gasteiger partial charge in [0.25, 0.3) is 0 Å². The Morgan fingerprint density at radius 3 is 2.59 bits per heavy atom. The number of hydrogen-bond acceptors (Lipinski definition) is 4. The Bertz CT molecular complexity index is 227. The lowest BCUT2D eigenvalue weighted by Crippen LogP contribution is -2.38. The van der Waals surface area contributed by atoms with Gasteiger partial charge in [0, 0.05) is 19.6 Å². The van der Waals surface area contributed by atoms with Crippen LogP contribution in [0.25, 0.3) is 0 Å². The average molecular weight is 242 g/mol. The van der Waals surface area contributed by atoms with Crippen LogP contribution in [0.2, 0.25) is 0 Å². The Labute approximate surface area is 105 Å². The second-order valence-corrected chi connectivity index (χ2v) is 5.09. The lowest BCUT2D eigenvalue weighted by Gasteiger charge is -2.29. The molecule has 1 saturated heterocycles. The summed E-state index contributed by atoms with van der Waals surface area (Å²) < 4.78 is 4.73. The molecule has 1 aliphatic rings. The van der Waals surface area contributed by atoms with Crippen LogP contribution in [0, 0.1) is 5.92 Å². The van der Waals surface area contributed by atoms with Gasteiger partial charge in [0.05, 0.1) is 13.0 Å². The number of ether oxygens (including phenoxy) is 1. The first-order valence-corrected chi connectivity index (χ1v) is 6.62. The normalized spacial score (nSPS) is 19.3. The highest BCUT2D eigenvalue weighted by Crippen LogP contribution is 2.08. The van der Waals surface area contributed by atoms with E-state index in [1.54, 1.807) is 0 Å². The first-order chi connectivity index (χ1) is 8.13. The molecule has 1 unspecified atom stereocenters. The maximum absolute atomic E-state index is 11.3. The number of hydrogen-bond donors (Lipinski definition) is 0. The first kappa shape index (κ1) is 14.5. The van der Waals surface area contributed by atoms with E-state index < -0.39 is 0 Å². The quantitative estimate of drug-likeness (QED) is 0.656. The lowest BCUT2D eigenvalue weighted by atomic mass is 10.1. The Morgan fingerprint density at radius 1 is 1.35 bits per heavy atom. The third kappa shape index (κ3) is 5.50. The molecular weight excluding hydrogens is 216 g/mol. The molecule has 0 saturated carbocycles. The molecule has 1 fully saturated rings. The maximum atomic E-state index is 11.3. The molecule has 0 radical (unpaired) electrons. The van der Waals surface area contributed by atoms with Crippen LogP contribution in [0.5, 0.6) is 0 Å². The largest absolute Gasteiger partial charge is 0.469 e. The van der Waals surface area contributed by atoms with Crippen LogP contribution in [0.4, 0.5) is 0 Å². The number of esters is 1. The summed E-state index contributed by atoms with van der Waals surface area (Å²) in [6.07, 6.45) is 4.05. The molecule has 0 aromatic carbocycles. The summed E-state index contributed by atoms with van der Waals surface area (Å²) in [7, 11) is 3.52. The van der Waals surface area contributed by atoms with Crippen LogP contribution in [0.15, 0.2) is 0 Å². The molecule has 1 rings (SSSR count). The highest BCUT2D eigenvalue weighted by atomic mass is 16.5. The lowest BCUT2D eigenvalue weighted by molar-refractivity contribution is -0.145. The monoisotopic (exact) mass is 242 g/mol. The number of carbonyl (C=O) groups is 1. The second kappa shape index (κ2) is 7.67. The predicted octanol–water partition coefficient (Wildman–Crippen LogP) is 1.21. The fraction of sp³-hybridized carbons (Fsp3) is 0.923. The molecule has 17 heavy (non-hydrogen) atoms. The molecule has 1 heterocycles. The van der Waals surface area contributed by atoms with E-state index in [1.165, 1.54) is 39.5 Å². The van der Waals surface area contributed by atoms with Gasteiger partial charge >= 0.3 is 5.97 Å². The summed E-state index contributed by atoms with van der Waals surface area (Å²) in [5.41, 5.74) is 0. The molecule has 0 aliphatic carbocycles. The van der Waals surface area contributed by atoms with E-state index >= 15 is 0 Å². The maximum Gasteiger partial charge on any atom is 0.309 e. The van der Waals surface area contributed by atoms with Crippen molar-refractivity contribution in [1.82, 2.24) is 9.80 Å². The van der Waals surface area contributed by atoms with Crippen LogP contribution < -0.4 is 0 Å². The Morgan fingerprint density at radius 2 is 2.00 bits per heavy atom. The van der Waals surface area contributed by atoms with Crippen molar-refractivity contribution >= 4 is 5.97 Å². The van der Waals surface area contributed by atoms with E-state index in [-0.39, 0.29) is 11.9 Å². The minimum Gasteiger partial charge on any atom is -0.469 e. The van der Waals surface area contributed by atoms with Crippen molar-refractivity contribution < 1.29 is 9.53 Å². The predicted molar refractivity (Wildman–Crippen MR) is 69.0 cm³/mol. The van der Waals surface area contributed by atoms with Gasteiger partial charge in [-0.25, -0.2) is 0 Å². The standard InChI is InChI=1S/C13H26N2O2/c1-12(13(16)17-3)11-14(2)9-10-15-7-5-4-6-8-15/h12H,4-11H2,1-3H3. The molecule has 0 aromatic heterocycles. The smallest absolute Gasteiger partial charge is 0.309 e. The molecule has 1 atom stereocenters. The van der Waals surface area contributed by atoms with Crippen molar-refractivity contribution in [3.63, 3.8) is 0 Å². The molecular formula is C13H26N2O2. The fourth-order valence-corrected chi connectivity index (χ4v) is 2.33. The van der Waals surface area contributed by atoms with E-state index in [9.17, 15) is 4.79 Å². The van der Waals surface area contributed by atoms with Crippen LogP contribution in [0.3, 0.4) is 0 Å². The van der Waals surface area contributed by atoms with E-state index in [0.29, 0.717) is 0 Å². The van der Waals surface area contributed by atoms with Crippen molar-refractivity contribution in [2.24, 2.45) is 5.92 Å². The van der Waals surface area contributed by atoms with Crippen molar-refractivity contribution in [2.45, 2.75) is 26.2 Å². The highest BCUT2D eigenvalue weighted by molar-refractivity contribution is 5.71. The third-order valence-corrected chi connectivity index (χ3v) is 3.44. The first-order valence-electron chi connectivity index (χ1n) is 6.62. The summed E-state index contributed by atoms with van der Waals surface area (Å²) in [6.45, 7) is 7.32. The number of methoxy groups -OCH3 is 1. The number of likely N-dealkylation sites (N-methyl/N-ethyl adjacent to an activating group) is 1. The molecule has 0 bridgehead atoms. The van der Waals surface area contributed by atoms with Gasteiger partial charge in [-0.15, -0.1) is 0 Å². The van der Waals surface area contributed by atoms with Crippen molar-refractivity contribution in [3.8, 4) is 0 Å². The SMILES string of the molecule is COC(=O)C(C)CN(C)CCN1CCCCC1. The molecule has 0 spiro atoms. The van der Waals surface area contributed by atoms with Crippen LogP contribution >= 0.6 is 0 Å². The summed E-state index contributed by atoms with van der Waals surface area (Å²) in [6, 6.07) is 0. The Kier molecular flexibility index (Phi) is 6.52. The molecule has 0 aromatic rings. The van der Waals surface area contributed by atoms with Gasteiger partial charge in [-0.2, -0.15) is 0 Å². The summed E-state index contributed by atoms with van der Waals surface area (Å²) in [5.74, 6) is -0.152. The Hall–Kier alpha value is -0.610. The van der Waals surface area contributed by atoms with Crippen molar-refractivity contribution in [3.05, 3.63) is 0 Å². The Balaban J connectivity index is 2.15. The molecule has 0 N–H and O–H groups in total. The number of piperidine rings is 1. The molecule has 100 valence electrons.